The second-order valence-corrected chi connectivity index (χ2v) is 2.11. The highest BCUT2D eigenvalue weighted by molar-refractivity contribution is 5.23. The zero-order valence-electron chi connectivity index (χ0n) is 5.86. The van der Waals surface area contributed by atoms with E-state index in [1.54, 1.807) is 0 Å². The monoisotopic (exact) mass is 152 g/mol. The van der Waals surface area contributed by atoms with Crippen LogP contribution in [0.2, 0.25) is 0 Å². The molecule has 0 atom stereocenters. The molecule has 0 bridgehead atoms. The van der Waals surface area contributed by atoms with Gasteiger partial charge in [0.25, 0.3) is 0 Å². The smallest absolute Gasteiger partial charge is 0.193 e. The zero-order valence-corrected chi connectivity index (χ0v) is 5.86. The quantitative estimate of drug-likeness (QED) is 0.658. The van der Waals surface area contributed by atoms with Gasteiger partial charge in [-0.15, -0.1) is 0 Å². The van der Waals surface area contributed by atoms with Crippen LogP contribution in [0.5, 0.6) is 11.8 Å². The molecule has 1 aromatic heterocycles. The lowest BCUT2D eigenvalue weighted by Crippen LogP contribution is -1.94. The summed E-state index contributed by atoms with van der Waals surface area (Å²) in [6, 6.07) is 4.68. The molecule has 0 radical (unpaired) electrons. The Morgan fingerprint density at radius 1 is 1.36 bits per heavy atom. The summed E-state index contributed by atoms with van der Waals surface area (Å²) in [6.45, 7) is 0.321. The van der Waals surface area contributed by atoms with Gasteiger partial charge in [-0.25, -0.2) is 0 Å². The standard InChI is InChI=1S/C7H8N2O2/c8-4-1-5-9-6(10)2-3-7(9)11/h2-3,10-11H,1,5H2. The van der Waals surface area contributed by atoms with E-state index in [9.17, 15) is 0 Å². The third-order valence-electron chi connectivity index (χ3n) is 1.38. The molecule has 1 aromatic rings. The van der Waals surface area contributed by atoms with Gasteiger partial charge in [0.2, 0.25) is 0 Å². The molecule has 0 saturated heterocycles. The maximum atomic E-state index is 9.05. The molecule has 0 spiro atoms. The number of aromatic nitrogens is 1. The normalized spacial score (nSPS) is 9.36. The Morgan fingerprint density at radius 3 is 2.36 bits per heavy atom. The van der Waals surface area contributed by atoms with Gasteiger partial charge in [0.1, 0.15) is 0 Å². The minimum atomic E-state index is -0.0160. The second-order valence-electron chi connectivity index (χ2n) is 2.11. The molecule has 0 unspecified atom stereocenters. The van der Waals surface area contributed by atoms with Crippen LogP contribution in [-0.4, -0.2) is 14.8 Å². The molecule has 4 heteroatoms. The van der Waals surface area contributed by atoms with Crippen molar-refractivity contribution in [3.05, 3.63) is 12.1 Å². The molecule has 0 aliphatic rings. The van der Waals surface area contributed by atoms with Gasteiger partial charge in [-0.05, 0) is 0 Å². The summed E-state index contributed by atoms with van der Waals surface area (Å²) < 4.78 is 1.27. The van der Waals surface area contributed by atoms with Crippen LogP contribution in [0, 0.1) is 11.3 Å². The molecular weight excluding hydrogens is 144 g/mol. The van der Waals surface area contributed by atoms with E-state index in [1.807, 2.05) is 6.07 Å². The molecule has 0 aliphatic heterocycles. The van der Waals surface area contributed by atoms with Crippen LogP contribution in [0.4, 0.5) is 0 Å². The van der Waals surface area contributed by atoms with Gasteiger partial charge in [-0.1, -0.05) is 0 Å². The molecule has 0 fully saturated rings. The topological polar surface area (TPSA) is 69.2 Å². The lowest BCUT2D eigenvalue weighted by Gasteiger charge is -2.01. The van der Waals surface area contributed by atoms with Crippen molar-refractivity contribution in [2.45, 2.75) is 13.0 Å². The summed E-state index contributed by atoms with van der Waals surface area (Å²) in [7, 11) is 0. The first-order chi connectivity index (χ1) is 5.25. The van der Waals surface area contributed by atoms with Crippen LogP contribution in [0.1, 0.15) is 6.42 Å². The fourth-order valence-electron chi connectivity index (χ4n) is 0.837. The van der Waals surface area contributed by atoms with Crippen molar-refractivity contribution in [3.63, 3.8) is 0 Å². The molecule has 1 rings (SSSR count). The lowest BCUT2D eigenvalue weighted by molar-refractivity contribution is 0.370. The van der Waals surface area contributed by atoms with Gasteiger partial charge in [0.15, 0.2) is 11.8 Å². The summed E-state index contributed by atoms with van der Waals surface area (Å²) in [4.78, 5) is 0. The van der Waals surface area contributed by atoms with E-state index in [4.69, 9.17) is 15.5 Å². The van der Waals surface area contributed by atoms with Gasteiger partial charge in [-0.2, -0.15) is 5.26 Å². The van der Waals surface area contributed by atoms with E-state index in [2.05, 4.69) is 0 Å². The number of hydrogen-bond acceptors (Lipinski definition) is 3. The van der Waals surface area contributed by atoms with E-state index < -0.39 is 0 Å². The Balaban J connectivity index is 2.77. The second kappa shape index (κ2) is 2.97. The van der Waals surface area contributed by atoms with Crippen molar-refractivity contribution in [2.24, 2.45) is 0 Å². The van der Waals surface area contributed by atoms with E-state index >= 15 is 0 Å². The minimum Gasteiger partial charge on any atom is -0.494 e. The van der Waals surface area contributed by atoms with E-state index in [0.29, 0.717) is 6.54 Å². The predicted octanol–water partition coefficient (Wildman–Crippen LogP) is 0.813. The van der Waals surface area contributed by atoms with Crippen molar-refractivity contribution >= 4 is 0 Å². The summed E-state index contributed by atoms with van der Waals surface area (Å²) in [6.07, 6.45) is 0.274. The molecule has 0 saturated carbocycles. The molecule has 0 amide bonds. The van der Waals surface area contributed by atoms with Crippen molar-refractivity contribution in [2.75, 3.05) is 0 Å². The highest BCUT2D eigenvalue weighted by atomic mass is 16.3. The van der Waals surface area contributed by atoms with E-state index in [1.165, 1.54) is 16.7 Å². The van der Waals surface area contributed by atoms with Crippen molar-refractivity contribution in [1.82, 2.24) is 4.57 Å². The van der Waals surface area contributed by atoms with Crippen molar-refractivity contribution in [1.29, 1.82) is 5.26 Å². The Morgan fingerprint density at radius 2 is 1.91 bits per heavy atom. The van der Waals surface area contributed by atoms with Gasteiger partial charge < -0.3 is 10.2 Å². The maximum Gasteiger partial charge on any atom is 0.193 e. The van der Waals surface area contributed by atoms with Crippen LogP contribution in [0.15, 0.2) is 12.1 Å². The SMILES string of the molecule is N#CCCn1c(O)ccc1O. The van der Waals surface area contributed by atoms with E-state index in [0.717, 1.165) is 0 Å². The maximum absolute atomic E-state index is 9.05. The molecular formula is C7H8N2O2. The van der Waals surface area contributed by atoms with Crippen LogP contribution >= 0.6 is 0 Å². The first-order valence-electron chi connectivity index (χ1n) is 3.20. The highest BCUT2D eigenvalue weighted by Gasteiger charge is 2.03. The fraction of sp³-hybridized carbons (Fsp3) is 0.286. The number of aromatic hydroxyl groups is 2. The third-order valence-corrected chi connectivity index (χ3v) is 1.38. The molecule has 11 heavy (non-hydrogen) atoms. The summed E-state index contributed by atoms with van der Waals surface area (Å²) in [5.74, 6) is -0.0319. The lowest BCUT2D eigenvalue weighted by atomic mass is 10.5. The Kier molecular flexibility index (Phi) is 2.02. The number of nitriles is 1. The zero-order chi connectivity index (χ0) is 8.27. The molecule has 0 aromatic carbocycles. The Hall–Kier alpha value is -1.63. The number of rotatable bonds is 2. The Labute approximate surface area is 63.9 Å². The highest BCUT2D eigenvalue weighted by Crippen LogP contribution is 2.20. The largest absolute Gasteiger partial charge is 0.494 e. The molecule has 0 aliphatic carbocycles. The van der Waals surface area contributed by atoms with Crippen LogP contribution in [0.25, 0.3) is 0 Å². The van der Waals surface area contributed by atoms with Gasteiger partial charge in [-0.3, -0.25) is 4.57 Å². The van der Waals surface area contributed by atoms with Gasteiger partial charge in [0.05, 0.1) is 12.5 Å². The minimum absolute atomic E-state index is 0.0160. The molecule has 4 nitrogen and oxygen atoms in total. The average Bonchev–Trinajstić information content (AvgIpc) is 2.29. The van der Waals surface area contributed by atoms with Crippen molar-refractivity contribution in [3.8, 4) is 17.8 Å². The van der Waals surface area contributed by atoms with E-state index in [-0.39, 0.29) is 18.2 Å². The first-order valence-corrected chi connectivity index (χ1v) is 3.20. The summed E-state index contributed by atoms with van der Waals surface area (Å²) >= 11 is 0. The van der Waals surface area contributed by atoms with Crippen LogP contribution in [0.3, 0.4) is 0 Å². The first kappa shape index (κ1) is 7.48. The van der Waals surface area contributed by atoms with Crippen LogP contribution < -0.4 is 0 Å². The van der Waals surface area contributed by atoms with Gasteiger partial charge >= 0.3 is 0 Å². The fourth-order valence-corrected chi connectivity index (χ4v) is 0.837. The number of hydrogen-bond donors (Lipinski definition) is 2. The average molecular weight is 152 g/mol. The summed E-state index contributed by atoms with van der Waals surface area (Å²) in [5.41, 5.74) is 0. The Bertz CT molecular complexity index is 266. The van der Waals surface area contributed by atoms with Gasteiger partial charge in [0, 0.05) is 18.7 Å². The molecule has 2 N–H and O–H groups in total. The van der Waals surface area contributed by atoms with Crippen molar-refractivity contribution < 1.29 is 10.2 Å². The summed E-state index contributed by atoms with van der Waals surface area (Å²) in [5, 5.41) is 26.3. The predicted molar refractivity (Wildman–Crippen MR) is 38.0 cm³/mol. The molecule has 1 heterocycles. The number of nitrogens with zero attached hydrogens (tertiary/aromatic N) is 2. The third kappa shape index (κ3) is 1.44. The van der Waals surface area contributed by atoms with Crippen LogP contribution in [-0.2, 0) is 6.54 Å². The molecule has 58 valence electrons.